The van der Waals surface area contributed by atoms with Crippen LogP contribution in [0.1, 0.15) is 54.8 Å². The Labute approximate surface area is 116 Å². The SMILES string of the molecule is O[C@H](c1nc2n(n1)[C@H](c1ccccc1)C[C@@H]2F)C1CC1. The Bertz CT molecular complexity index is 623. The van der Waals surface area contributed by atoms with E-state index in [1.54, 1.807) is 4.68 Å². The van der Waals surface area contributed by atoms with Gasteiger partial charge < -0.3 is 5.11 Å². The van der Waals surface area contributed by atoms with Gasteiger partial charge in [0, 0.05) is 6.42 Å². The third-order valence-corrected chi connectivity index (χ3v) is 4.20. The molecule has 1 aromatic carbocycles. The van der Waals surface area contributed by atoms with Crippen LogP contribution >= 0.6 is 0 Å². The van der Waals surface area contributed by atoms with E-state index < -0.39 is 12.3 Å². The van der Waals surface area contributed by atoms with Crippen LogP contribution in [-0.4, -0.2) is 19.9 Å². The number of alkyl halides is 1. The third kappa shape index (κ3) is 1.85. The second-order valence-corrected chi connectivity index (χ2v) is 5.68. The maximum atomic E-state index is 14.1. The highest BCUT2D eigenvalue weighted by atomic mass is 19.1. The quantitative estimate of drug-likeness (QED) is 0.935. The van der Waals surface area contributed by atoms with Crippen LogP contribution in [0.15, 0.2) is 30.3 Å². The van der Waals surface area contributed by atoms with E-state index in [0.717, 1.165) is 18.4 Å². The second-order valence-electron chi connectivity index (χ2n) is 5.68. The van der Waals surface area contributed by atoms with E-state index in [1.165, 1.54) is 0 Å². The minimum absolute atomic E-state index is 0.117. The molecule has 1 aromatic heterocycles. The van der Waals surface area contributed by atoms with Crippen LogP contribution in [0, 0.1) is 5.92 Å². The van der Waals surface area contributed by atoms with Crippen molar-refractivity contribution >= 4 is 0 Å². The van der Waals surface area contributed by atoms with Gasteiger partial charge in [0.15, 0.2) is 17.8 Å². The number of hydrogen-bond acceptors (Lipinski definition) is 3. The molecule has 4 nitrogen and oxygen atoms in total. The van der Waals surface area contributed by atoms with Crippen molar-refractivity contribution in [3.05, 3.63) is 47.5 Å². The Morgan fingerprint density at radius 3 is 2.70 bits per heavy atom. The standard InChI is InChI=1S/C15H16FN3O/c16-11-8-12(9-4-2-1-3-5-9)19-15(11)17-14(18-19)13(20)10-6-7-10/h1-5,10-13,20H,6-8H2/t11-,12-,13-/m0/s1. The summed E-state index contributed by atoms with van der Waals surface area (Å²) in [5, 5.41) is 14.5. The fourth-order valence-corrected chi connectivity index (χ4v) is 2.90. The number of benzene rings is 1. The van der Waals surface area contributed by atoms with E-state index in [2.05, 4.69) is 10.1 Å². The van der Waals surface area contributed by atoms with Crippen molar-refractivity contribution in [2.24, 2.45) is 5.92 Å². The molecule has 1 saturated carbocycles. The molecular weight excluding hydrogens is 257 g/mol. The summed E-state index contributed by atoms with van der Waals surface area (Å²) in [6.45, 7) is 0. The molecule has 1 N–H and O–H groups in total. The molecule has 0 radical (unpaired) electrons. The summed E-state index contributed by atoms with van der Waals surface area (Å²) in [6.07, 6.45) is 0.641. The van der Waals surface area contributed by atoms with E-state index in [9.17, 15) is 9.50 Å². The van der Waals surface area contributed by atoms with Crippen LogP contribution in [0.3, 0.4) is 0 Å². The topological polar surface area (TPSA) is 50.9 Å². The summed E-state index contributed by atoms with van der Waals surface area (Å²) in [6, 6.07) is 9.66. The summed E-state index contributed by atoms with van der Waals surface area (Å²) in [7, 11) is 0. The van der Waals surface area contributed by atoms with Crippen molar-refractivity contribution < 1.29 is 9.50 Å². The van der Waals surface area contributed by atoms with Gasteiger partial charge in [-0.1, -0.05) is 30.3 Å². The summed E-state index contributed by atoms with van der Waals surface area (Å²) in [5.74, 6) is 0.991. The Morgan fingerprint density at radius 1 is 1.25 bits per heavy atom. The van der Waals surface area contributed by atoms with Crippen LogP contribution in [0.2, 0.25) is 0 Å². The number of fused-ring (bicyclic) bond motifs is 1. The molecule has 1 fully saturated rings. The molecule has 2 aromatic rings. The number of halogens is 1. The fraction of sp³-hybridized carbons (Fsp3) is 0.467. The van der Waals surface area contributed by atoms with Crippen LogP contribution in [0.5, 0.6) is 0 Å². The average Bonchev–Trinajstić information content (AvgIpc) is 3.15. The molecule has 5 heteroatoms. The second kappa shape index (κ2) is 4.38. The molecule has 2 aliphatic rings. The molecule has 0 spiro atoms. The largest absolute Gasteiger partial charge is 0.385 e. The van der Waals surface area contributed by atoms with Gasteiger partial charge in [-0.3, -0.25) is 0 Å². The van der Waals surface area contributed by atoms with Gasteiger partial charge in [-0.15, -0.1) is 0 Å². The van der Waals surface area contributed by atoms with Crippen LogP contribution in [-0.2, 0) is 0 Å². The van der Waals surface area contributed by atoms with Crippen molar-refractivity contribution in [2.45, 2.75) is 37.6 Å². The zero-order valence-electron chi connectivity index (χ0n) is 11.0. The number of aromatic nitrogens is 3. The van der Waals surface area contributed by atoms with Crippen molar-refractivity contribution in [1.82, 2.24) is 14.8 Å². The van der Waals surface area contributed by atoms with Gasteiger partial charge in [0.2, 0.25) is 0 Å². The number of nitrogens with zero attached hydrogens (tertiary/aromatic N) is 3. The van der Waals surface area contributed by atoms with Crippen LogP contribution < -0.4 is 0 Å². The highest BCUT2D eigenvalue weighted by molar-refractivity contribution is 5.23. The van der Waals surface area contributed by atoms with Crippen molar-refractivity contribution in [1.29, 1.82) is 0 Å². The van der Waals surface area contributed by atoms with E-state index in [0.29, 0.717) is 18.1 Å². The molecule has 0 unspecified atom stereocenters. The molecule has 1 aliphatic carbocycles. The maximum Gasteiger partial charge on any atom is 0.179 e. The summed E-state index contributed by atoms with van der Waals surface area (Å²) >= 11 is 0. The molecule has 20 heavy (non-hydrogen) atoms. The minimum Gasteiger partial charge on any atom is -0.385 e. The van der Waals surface area contributed by atoms with E-state index in [4.69, 9.17) is 0 Å². The van der Waals surface area contributed by atoms with Crippen LogP contribution in [0.25, 0.3) is 0 Å². The first-order valence-electron chi connectivity index (χ1n) is 7.07. The molecule has 0 saturated heterocycles. The minimum atomic E-state index is -1.10. The predicted molar refractivity (Wildman–Crippen MR) is 70.8 cm³/mol. The van der Waals surface area contributed by atoms with Gasteiger partial charge in [0.1, 0.15) is 6.10 Å². The van der Waals surface area contributed by atoms with Gasteiger partial charge in [0.25, 0.3) is 0 Å². The predicted octanol–water partition coefficient (Wildman–Crippen LogP) is 2.73. The van der Waals surface area contributed by atoms with Crippen LogP contribution in [0.4, 0.5) is 4.39 Å². The first-order valence-corrected chi connectivity index (χ1v) is 7.07. The van der Waals surface area contributed by atoms with Crippen molar-refractivity contribution in [2.75, 3.05) is 0 Å². The first kappa shape index (κ1) is 12.0. The highest BCUT2D eigenvalue weighted by Crippen LogP contribution is 2.43. The molecule has 1 aliphatic heterocycles. The lowest BCUT2D eigenvalue weighted by Gasteiger charge is -2.12. The van der Waals surface area contributed by atoms with Gasteiger partial charge >= 0.3 is 0 Å². The van der Waals surface area contributed by atoms with Gasteiger partial charge in [0.05, 0.1) is 6.04 Å². The Hall–Kier alpha value is -1.75. The third-order valence-electron chi connectivity index (χ3n) is 4.20. The molecular formula is C15H16FN3O. The Balaban J connectivity index is 1.71. The first-order chi connectivity index (χ1) is 9.74. The summed E-state index contributed by atoms with van der Waals surface area (Å²) in [4.78, 5) is 4.24. The van der Waals surface area contributed by atoms with E-state index in [1.807, 2.05) is 30.3 Å². The summed E-state index contributed by atoms with van der Waals surface area (Å²) < 4.78 is 15.8. The molecule has 0 amide bonds. The maximum absolute atomic E-state index is 14.1. The zero-order valence-corrected chi connectivity index (χ0v) is 11.0. The lowest BCUT2D eigenvalue weighted by atomic mass is 10.0. The normalized spacial score (nSPS) is 26.5. The Morgan fingerprint density at radius 2 is 2.00 bits per heavy atom. The molecule has 0 bridgehead atoms. The highest BCUT2D eigenvalue weighted by Gasteiger charge is 2.39. The number of aliphatic hydroxyl groups is 1. The van der Waals surface area contributed by atoms with Crippen molar-refractivity contribution in [3.8, 4) is 0 Å². The van der Waals surface area contributed by atoms with Gasteiger partial charge in [-0.05, 0) is 24.3 Å². The van der Waals surface area contributed by atoms with E-state index in [-0.39, 0.29) is 12.0 Å². The van der Waals surface area contributed by atoms with E-state index >= 15 is 0 Å². The van der Waals surface area contributed by atoms with Gasteiger partial charge in [-0.25, -0.2) is 14.1 Å². The average molecular weight is 273 g/mol. The molecule has 2 heterocycles. The summed E-state index contributed by atoms with van der Waals surface area (Å²) in [5.41, 5.74) is 1.03. The Kier molecular flexibility index (Phi) is 2.63. The number of aliphatic hydroxyl groups excluding tert-OH is 1. The fourth-order valence-electron chi connectivity index (χ4n) is 2.90. The smallest absolute Gasteiger partial charge is 0.179 e. The van der Waals surface area contributed by atoms with Gasteiger partial charge in [-0.2, -0.15) is 5.10 Å². The lowest BCUT2D eigenvalue weighted by molar-refractivity contribution is 0.143. The van der Waals surface area contributed by atoms with Crippen molar-refractivity contribution in [3.63, 3.8) is 0 Å². The molecule has 3 atom stereocenters. The number of rotatable bonds is 3. The molecule has 104 valence electrons. The lowest BCUT2D eigenvalue weighted by Crippen LogP contribution is -2.09. The number of hydrogen-bond donors (Lipinski definition) is 1. The zero-order chi connectivity index (χ0) is 13.7. The molecule has 4 rings (SSSR count). The monoisotopic (exact) mass is 273 g/mol.